The fourth-order valence-corrected chi connectivity index (χ4v) is 2.39. The molecule has 0 aliphatic heterocycles. The lowest BCUT2D eigenvalue weighted by molar-refractivity contribution is -0.385. The van der Waals surface area contributed by atoms with Gasteiger partial charge in [-0.05, 0) is 44.0 Å². The maximum atomic E-state index is 10.8. The molecule has 1 aromatic heterocycles. The van der Waals surface area contributed by atoms with E-state index in [-0.39, 0.29) is 11.8 Å². The first kappa shape index (κ1) is 16.7. The molecule has 0 fully saturated rings. The predicted octanol–water partition coefficient (Wildman–Crippen LogP) is 3.72. The quantitative estimate of drug-likeness (QED) is 0.600. The summed E-state index contributed by atoms with van der Waals surface area (Å²) in [6.07, 6.45) is 1.42. The van der Waals surface area contributed by atoms with E-state index in [1.54, 1.807) is 0 Å². The number of rotatable bonds is 6. The molecule has 0 radical (unpaired) electrons. The van der Waals surface area contributed by atoms with Gasteiger partial charge in [-0.15, -0.1) is 0 Å². The molecule has 1 heterocycles. The van der Waals surface area contributed by atoms with E-state index in [0.29, 0.717) is 6.54 Å². The van der Waals surface area contributed by atoms with Crippen molar-refractivity contribution in [3.8, 4) is 5.75 Å². The second-order valence-electron chi connectivity index (χ2n) is 5.76. The zero-order valence-corrected chi connectivity index (χ0v) is 13.8. The van der Waals surface area contributed by atoms with Crippen molar-refractivity contribution in [2.45, 2.75) is 33.4 Å². The van der Waals surface area contributed by atoms with Crippen LogP contribution in [0.2, 0.25) is 0 Å². The van der Waals surface area contributed by atoms with Gasteiger partial charge in [0.15, 0.2) is 0 Å². The molecule has 1 aromatic carbocycles. The average molecular weight is 315 g/mol. The van der Waals surface area contributed by atoms with E-state index in [4.69, 9.17) is 4.74 Å². The Labute approximate surface area is 135 Å². The largest absolute Gasteiger partial charge is 0.491 e. The SMILES string of the molecule is Cc1cc([N+](=O)[O-])cnc1N(C)Cc1cccc(OC(C)C)c1. The summed E-state index contributed by atoms with van der Waals surface area (Å²) >= 11 is 0. The molecule has 23 heavy (non-hydrogen) atoms. The van der Waals surface area contributed by atoms with E-state index < -0.39 is 4.92 Å². The molecular weight excluding hydrogens is 294 g/mol. The maximum Gasteiger partial charge on any atom is 0.287 e. The number of pyridine rings is 1. The summed E-state index contributed by atoms with van der Waals surface area (Å²) in [6.45, 7) is 6.44. The lowest BCUT2D eigenvalue weighted by Crippen LogP contribution is -2.19. The van der Waals surface area contributed by atoms with Crippen molar-refractivity contribution in [2.24, 2.45) is 0 Å². The van der Waals surface area contributed by atoms with Gasteiger partial charge in [0, 0.05) is 19.7 Å². The maximum absolute atomic E-state index is 10.8. The molecule has 0 atom stereocenters. The van der Waals surface area contributed by atoms with Gasteiger partial charge in [0.2, 0.25) is 0 Å². The number of anilines is 1. The Hall–Kier alpha value is -2.63. The molecule has 0 N–H and O–H groups in total. The molecule has 6 heteroatoms. The first-order valence-corrected chi connectivity index (χ1v) is 7.44. The molecular formula is C17H21N3O3. The average Bonchev–Trinajstić information content (AvgIpc) is 2.46. The lowest BCUT2D eigenvalue weighted by Gasteiger charge is -2.20. The highest BCUT2D eigenvalue weighted by Gasteiger charge is 2.13. The van der Waals surface area contributed by atoms with Crippen LogP contribution in [0.4, 0.5) is 11.5 Å². The summed E-state index contributed by atoms with van der Waals surface area (Å²) in [5, 5.41) is 10.8. The van der Waals surface area contributed by atoms with Crippen molar-refractivity contribution in [1.82, 2.24) is 4.98 Å². The van der Waals surface area contributed by atoms with Crippen LogP contribution in [0.15, 0.2) is 36.5 Å². The highest BCUT2D eigenvalue weighted by molar-refractivity contribution is 5.50. The van der Waals surface area contributed by atoms with E-state index in [2.05, 4.69) is 4.98 Å². The van der Waals surface area contributed by atoms with E-state index in [1.165, 1.54) is 12.3 Å². The highest BCUT2D eigenvalue weighted by atomic mass is 16.6. The zero-order valence-electron chi connectivity index (χ0n) is 13.8. The Bertz CT molecular complexity index is 701. The Morgan fingerprint density at radius 1 is 1.35 bits per heavy atom. The van der Waals surface area contributed by atoms with E-state index in [1.807, 2.05) is 57.0 Å². The Kier molecular flexibility index (Phi) is 5.16. The Morgan fingerprint density at radius 3 is 2.70 bits per heavy atom. The van der Waals surface area contributed by atoms with E-state index >= 15 is 0 Å². The minimum Gasteiger partial charge on any atom is -0.491 e. The van der Waals surface area contributed by atoms with Crippen LogP contribution < -0.4 is 9.64 Å². The predicted molar refractivity (Wildman–Crippen MR) is 89.9 cm³/mol. The fraction of sp³-hybridized carbons (Fsp3) is 0.353. The Balaban J connectivity index is 2.15. The molecule has 0 aliphatic rings. The van der Waals surface area contributed by atoms with Gasteiger partial charge >= 0.3 is 0 Å². The summed E-state index contributed by atoms with van der Waals surface area (Å²) < 4.78 is 5.70. The monoisotopic (exact) mass is 315 g/mol. The molecule has 2 rings (SSSR count). The molecule has 0 unspecified atom stereocenters. The summed E-state index contributed by atoms with van der Waals surface area (Å²) in [5.41, 5.74) is 1.87. The normalized spacial score (nSPS) is 10.7. The van der Waals surface area contributed by atoms with Crippen molar-refractivity contribution in [3.05, 3.63) is 57.8 Å². The number of ether oxygens (including phenoxy) is 1. The smallest absolute Gasteiger partial charge is 0.287 e. The first-order chi connectivity index (χ1) is 10.9. The van der Waals surface area contributed by atoms with Gasteiger partial charge in [-0.25, -0.2) is 4.98 Å². The van der Waals surface area contributed by atoms with E-state index in [9.17, 15) is 10.1 Å². The van der Waals surface area contributed by atoms with Crippen LogP contribution >= 0.6 is 0 Å². The first-order valence-electron chi connectivity index (χ1n) is 7.44. The standard InChI is InChI=1S/C17H21N3O3/c1-12(2)23-16-7-5-6-14(9-16)11-19(4)17-13(3)8-15(10-18-17)20(21)22/h5-10,12H,11H2,1-4H3. The molecule has 0 amide bonds. The number of hydrogen-bond acceptors (Lipinski definition) is 5. The Morgan fingerprint density at radius 2 is 2.09 bits per heavy atom. The number of aromatic nitrogens is 1. The molecule has 0 spiro atoms. The summed E-state index contributed by atoms with van der Waals surface area (Å²) in [7, 11) is 1.91. The van der Waals surface area contributed by atoms with Crippen molar-refractivity contribution in [1.29, 1.82) is 0 Å². The van der Waals surface area contributed by atoms with Crippen LogP contribution in [-0.4, -0.2) is 23.1 Å². The molecule has 6 nitrogen and oxygen atoms in total. The van der Waals surface area contributed by atoms with Crippen LogP contribution in [0.5, 0.6) is 5.75 Å². The van der Waals surface area contributed by atoms with Gasteiger partial charge in [-0.1, -0.05) is 12.1 Å². The summed E-state index contributed by atoms with van der Waals surface area (Å²) in [4.78, 5) is 16.5. The molecule has 2 aromatic rings. The molecule has 0 aliphatic carbocycles. The van der Waals surface area contributed by atoms with Gasteiger partial charge in [0.1, 0.15) is 17.8 Å². The molecule has 0 saturated carbocycles. The lowest BCUT2D eigenvalue weighted by atomic mass is 10.2. The highest BCUT2D eigenvalue weighted by Crippen LogP contribution is 2.23. The number of hydrogen-bond donors (Lipinski definition) is 0. The van der Waals surface area contributed by atoms with Gasteiger partial charge in [-0.3, -0.25) is 10.1 Å². The number of benzene rings is 1. The topological polar surface area (TPSA) is 68.5 Å². The van der Waals surface area contributed by atoms with Crippen LogP contribution in [0, 0.1) is 17.0 Å². The van der Waals surface area contributed by atoms with Crippen LogP contribution in [-0.2, 0) is 6.54 Å². The third-order valence-electron chi connectivity index (χ3n) is 3.30. The molecule has 0 bridgehead atoms. The van der Waals surface area contributed by atoms with Gasteiger partial charge in [0.05, 0.1) is 11.0 Å². The molecule has 0 saturated heterocycles. The zero-order chi connectivity index (χ0) is 17.0. The van der Waals surface area contributed by atoms with Crippen LogP contribution in [0.25, 0.3) is 0 Å². The third kappa shape index (κ3) is 4.42. The third-order valence-corrected chi connectivity index (χ3v) is 3.30. The van der Waals surface area contributed by atoms with Crippen LogP contribution in [0.1, 0.15) is 25.0 Å². The van der Waals surface area contributed by atoms with E-state index in [0.717, 1.165) is 22.7 Å². The summed E-state index contributed by atoms with van der Waals surface area (Å²) in [6, 6.07) is 9.44. The minimum absolute atomic E-state index is 0.00646. The fourth-order valence-electron chi connectivity index (χ4n) is 2.39. The second-order valence-corrected chi connectivity index (χ2v) is 5.76. The van der Waals surface area contributed by atoms with Crippen molar-refractivity contribution < 1.29 is 9.66 Å². The number of nitrogens with zero attached hydrogens (tertiary/aromatic N) is 3. The second kappa shape index (κ2) is 7.09. The van der Waals surface area contributed by atoms with Crippen molar-refractivity contribution in [3.63, 3.8) is 0 Å². The van der Waals surface area contributed by atoms with Crippen LogP contribution in [0.3, 0.4) is 0 Å². The number of nitro groups is 1. The minimum atomic E-state index is -0.434. The van der Waals surface area contributed by atoms with Gasteiger partial charge < -0.3 is 9.64 Å². The van der Waals surface area contributed by atoms with Gasteiger partial charge in [0.25, 0.3) is 5.69 Å². The van der Waals surface area contributed by atoms with Crippen molar-refractivity contribution >= 4 is 11.5 Å². The van der Waals surface area contributed by atoms with Crippen molar-refractivity contribution in [2.75, 3.05) is 11.9 Å². The van der Waals surface area contributed by atoms with Gasteiger partial charge in [-0.2, -0.15) is 0 Å². The number of aryl methyl sites for hydroxylation is 1. The molecule has 122 valence electrons. The summed E-state index contributed by atoms with van der Waals surface area (Å²) in [5.74, 6) is 1.56.